The van der Waals surface area contributed by atoms with Crippen LogP contribution in [0.1, 0.15) is 31.1 Å². The van der Waals surface area contributed by atoms with Crippen molar-refractivity contribution < 1.29 is 19.1 Å². The van der Waals surface area contributed by atoms with E-state index in [9.17, 15) is 9.59 Å². The number of para-hydroxylation sites is 1. The summed E-state index contributed by atoms with van der Waals surface area (Å²) < 4.78 is 11.1. The lowest BCUT2D eigenvalue weighted by Gasteiger charge is -2.27. The Morgan fingerprint density at radius 3 is 2.70 bits per heavy atom. The first-order valence-electron chi connectivity index (χ1n) is 8.90. The number of nitrogens with zero attached hydrogens (tertiary/aromatic N) is 1. The lowest BCUT2D eigenvalue weighted by Crippen LogP contribution is -2.42. The van der Waals surface area contributed by atoms with E-state index in [1.165, 1.54) is 7.11 Å². The molecule has 2 aromatic carbocycles. The average Bonchev–Trinajstić information content (AvgIpc) is 2.76. The van der Waals surface area contributed by atoms with Crippen molar-refractivity contribution in [2.45, 2.75) is 20.8 Å². The molecule has 3 rings (SSSR count). The second-order valence-corrected chi connectivity index (χ2v) is 7.06. The molecule has 2 aromatic rings. The average molecular weight is 368 g/mol. The van der Waals surface area contributed by atoms with Gasteiger partial charge in [-0.1, -0.05) is 12.1 Å². The maximum Gasteiger partial charge on any atom is 0.259 e. The summed E-state index contributed by atoms with van der Waals surface area (Å²) in [6, 6.07) is 12.3. The van der Waals surface area contributed by atoms with Gasteiger partial charge < -0.3 is 19.7 Å². The van der Waals surface area contributed by atoms with Gasteiger partial charge in [-0.15, -0.1) is 0 Å². The van der Waals surface area contributed by atoms with Gasteiger partial charge in [0.2, 0.25) is 5.91 Å². The molecule has 6 heteroatoms. The number of benzene rings is 2. The molecule has 6 nitrogen and oxygen atoms in total. The third-order valence-corrected chi connectivity index (χ3v) is 4.59. The monoisotopic (exact) mass is 368 g/mol. The molecule has 0 saturated heterocycles. The molecule has 0 radical (unpaired) electrons. The van der Waals surface area contributed by atoms with Gasteiger partial charge in [-0.05, 0) is 51.1 Å². The van der Waals surface area contributed by atoms with Crippen LogP contribution in [0.2, 0.25) is 0 Å². The van der Waals surface area contributed by atoms with Gasteiger partial charge in [0.25, 0.3) is 5.91 Å². The zero-order chi connectivity index (χ0) is 19.6. The highest BCUT2D eigenvalue weighted by molar-refractivity contribution is 6.07. The van der Waals surface area contributed by atoms with E-state index in [-0.39, 0.29) is 11.8 Å². The van der Waals surface area contributed by atoms with Crippen LogP contribution in [0, 0.1) is 5.41 Å². The fraction of sp³-hybridized carbons (Fsp3) is 0.333. The molecular formula is C21H24N2O4. The molecule has 27 heavy (non-hydrogen) atoms. The minimum atomic E-state index is -0.615. The fourth-order valence-electron chi connectivity index (χ4n) is 3.07. The van der Waals surface area contributed by atoms with Gasteiger partial charge in [0, 0.05) is 12.2 Å². The van der Waals surface area contributed by atoms with Crippen LogP contribution in [0.4, 0.5) is 11.4 Å². The van der Waals surface area contributed by atoms with Gasteiger partial charge in [-0.2, -0.15) is 0 Å². The van der Waals surface area contributed by atoms with Crippen LogP contribution >= 0.6 is 0 Å². The Balaban J connectivity index is 1.92. The molecule has 0 fully saturated rings. The zero-order valence-electron chi connectivity index (χ0n) is 16.0. The van der Waals surface area contributed by atoms with Crippen molar-refractivity contribution in [3.63, 3.8) is 0 Å². The third kappa shape index (κ3) is 3.60. The van der Waals surface area contributed by atoms with Gasteiger partial charge in [0.05, 0.1) is 23.8 Å². The molecular weight excluding hydrogens is 344 g/mol. The Labute approximate surface area is 159 Å². The summed E-state index contributed by atoms with van der Waals surface area (Å²) >= 11 is 0. The highest BCUT2D eigenvalue weighted by Gasteiger charge is 2.37. The number of fused-ring (bicyclic) bond motifs is 1. The van der Waals surface area contributed by atoms with E-state index in [4.69, 9.17) is 9.47 Å². The van der Waals surface area contributed by atoms with Crippen molar-refractivity contribution in [2.24, 2.45) is 5.41 Å². The van der Waals surface area contributed by atoms with Crippen molar-refractivity contribution in [3.05, 3.63) is 48.0 Å². The Morgan fingerprint density at radius 1 is 1.26 bits per heavy atom. The highest BCUT2D eigenvalue weighted by atomic mass is 16.5. The fourth-order valence-corrected chi connectivity index (χ4v) is 3.07. The maximum atomic E-state index is 12.8. The molecule has 1 heterocycles. The second kappa shape index (κ2) is 7.31. The van der Waals surface area contributed by atoms with E-state index in [0.717, 1.165) is 0 Å². The van der Waals surface area contributed by atoms with Gasteiger partial charge >= 0.3 is 0 Å². The number of anilines is 2. The number of hydrogen-bond donors (Lipinski definition) is 1. The number of hydrogen-bond acceptors (Lipinski definition) is 4. The van der Waals surface area contributed by atoms with E-state index in [1.54, 1.807) is 41.3 Å². The zero-order valence-corrected chi connectivity index (χ0v) is 16.0. The van der Waals surface area contributed by atoms with Gasteiger partial charge in [-0.3, -0.25) is 9.59 Å². The topological polar surface area (TPSA) is 67.9 Å². The molecule has 1 N–H and O–H groups in total. The largest absolute Gasteiger partial charge is 0.496 e. The Hall–Kier alpha value is -3.02. The normalized spacial score (nSPS) is 15.4. The first-order chi connectivity index (χ1) is 12.9. The first-order valence-corrected chi connectivity index (χ1v) is 8.90. The number of amides is 2. The van der Waals surface area contributed by atoms with Crippen LogP contribution < -0.4 is 19.7 Å². The lowest BCUT2D eigenvalue weighted by atomic mass is 9.93. The predicted octanol–water partition coefficient (Wildman–Crippen LogP) is 3.72. The molecule has 0 bridgehead atoms. The summed E-state index contributed by atoms with van der Waals surface area (Å²) in [5, 5.41) is 2.87. The number of carbonyl (C=O) groups is 2. The molecule has 142 valence electrons. The SMILES string of the molecule is CCN1C(=O)C(C)(C)COc2ccc(NC(=O)c3ccccc3OC)cc21. The van der Waals surface area contributed by atoms with Gasteiger partial charge in [0.15, 0.2) is 0 Å². The van der Waals surface area contributed by atoms with Crippen LogP contribution in [0.5, 0.6) is 11.5 Å². The van der Waals surface area contributed by atoms with Crippen LogP contribution in [0.25, 0.3) is 0 Å². The quantitative estimate of drug-likeness (QED) is 0.893. The van der Waals surface area contributed by atoms with E-state index < -0.39 is 5.41 Å². The number of carbonyl (C=O) groups excluding carboxylic acids is 2. The highest BCUT2D eigenvalue weighted by Crippen LogP contribution is 2.38. The van der Waals surface area contributed by atoms with Crippen molar-refractivity contribution in [1.29, 1.82) is 0 Å². The number of rotatable bonds is 4. The number of nitrogens with one attached hydrogen (secondary N) is 1. The summed E-state index contributed by atoms with van der Waals surface area (Å²) in [5.41, 5.74) is 1.07. The van der Waals surface area contributed by atoms with Crippen molar-refractivity contribution in [1.82, 2.24) is 0 Å². The summed E-state index contributed by atoms with van der Waals surface area (Å²) in [6.07, 6.45) is 0. The molecule has 0 aliphatic carbocycles. The predicted molar refractivity (Wildman–Crippen MR) is 105 cm³/mol. The molecule has 1 aliphatic rings. The van der Waals surface area contributed by atoms with Crippen LogP contribution in [0.3, 0.4) is 0 Å². The molecule has 0 aromatic heterocycles. The maximum absolute atomic E-state index is 12.8. The van der Waals surface area contributed by atoms with Crippen molar-refractivity contribution in [3.8, 4) is 11.5 Å². The number of ether oxygens (including phenoxy) is 2. The van der Waals surface area contributed by atoms with E-state index in [2.05, 4.69) is 5.32 Å². The third-order valence-electron chi connectivity index (χ3n) is 4.59. The summed E-state index contributed by atoms with van der Waals surface area (Å²) in [7, 11) is 1.53. The minimum absolute atomic E-state index is 0.00282. The molecule has 0 spiro atoms. The Bertz CT molecular complexity index is 876. The molecule has 0 saturated carbocycles. The van der Waals surface area contributed by atoms with Crippen molar-refractivity contribution >= 4 is 23.2 Å². The van der Waals surface area contributed by atoms with E-state index in [1.807, 2.05) is 26.8 Å². The standard InChI is InChI=1S/C21H24N2O4/c1-5-23-16-12-14(10-11-18(16)27-13-21(2,3)20(23)25)22-19(24)15-8-6-7-9-17(15)26-4/h6-12H,5,13H2,1-4H3,(H,22,24). The minimum Gasteiger partial charge on any atom is -0.496 e. The summed E-state index contributed by atoms with van der Waals surface area (Å²) in [5.74, 6) is 0.847. The van der Waals surface area contributed by atoms with Crippen LogP contribution in [-0.2, 0) is 4.79 Å². The van der Waals surface area contributed by atoms with Gasteiger partial charge in [0.1, 0.15) is 18.1 Å². The second-order valence-electron chi connectivity index (χ2n) is 7.06. The van der Waals surface area contributed by atoms with Crippen LogP contribution in [0.15, 0.2) is 42.5 Å². The van der Waals surface area contributed by atoms with Crippen molar-refractivity contribution in [2.75, 3.05) is 30.5 Å². The lowest BCUT2D eigenvalue weighted by molar-refractivity contribution is -0.127. The molecule has 0 unspecified atom stereocenters. The Morgan fingerprint density at radius 2 is 2.00 bits per heavy atom. The number of methoxy groups -OCH3 is 1. The van der Waals surface area contributed by atoms with E-state index in [0.29, 0.717) is 41.6 Å². The summed E-state index contributed by atoms with van der Waals surface area (Å²) in [4.78, 5) is 27.2. The molecule has 2 amide bonds. The van der Waals surface area contributed by atoms with Crippen LogP contribution in [-0.4, -0.2) is 32.1 Å². The molecule has 0 atom stereocenters. The molecule has 1 aliphatic heterocycles. The summed E-state index contributed by atoms with van der Waals surface area (Å²) in [6.45, 7) is 6.48. The first kappa shape index (κ1) is 18.8. The van der Waals surface area contributed by atoms with E-state index >= 15 is 0 Å². The van der Waals surface area contributed by atoms with Gasteiger partial charge in [-0.25, -0.2) is 0 Å². The smallest absolute Gasteiger partial charge is 0.259 e. The Kier molecular flexibility index (Phi) is 5.08.